The molecule has 1 aromatic carbocycles. The van der Waals surface area contributed by atoms with Crippen LogP contribution in [0.2, 0.25) is 0 Å². The summed E-state index contributed by atoms with van der Waals surface area (Å²) in [6, 6.07) is 7.68. The molecule has 5 heteroatoms. The van der Waals surface area contributed by atoms with Crippen LogP contribution in [0, 0.1) is 0 Å². The Morgan fingerprint density at radius 3 is 2.58 bits per heavy atom. The van der Waals surface area contributed by atoms with Crippen molar-refractivity contribution in [2.45, 2.75) is 31.1 Å². The van der Waals surface area contributed by atoms with Gasteiger partial charge in [0.25, 0.3) is 0 Å². The zero-order valence-electron chi connectivity index (χ0n) is 10.7. The molecule has 1 saturated carbocycles. The molecule has 1 unspecified atom stereocenters. The van der Waals surface area contributed by atoms with Gasteiger partial charge in [0.2, 0.25) is 5.91 Å². The third kappa shape index (κ3) is 4.66. The highest BCUT2D eigenvalue weighted by Gasteiger charge is 2.24. The van der Waals surface area contributed by atoms with E-state index in [1.165, 1.54) is 11.8 Å². The molecule has 2 rings (SSSR count). The molecule has 0 aromatic heterocycles. The van der Waals surface area contributed by atoms with E-state index in [2.05, 4.69) is 21.2 Å². The van der Waals surface area contributed by atoms with Crippen molar-refractivity contribution in [3.8, 4) is 0 Å². The zero-order chi connectivity index (χ0) is 13.8. The Kier molecular flexibility index (Phi) is 5.05. The van der Waals surface area contributed by atoms with Gasteiger partial charge in [0.05, 0.1) is 11.0 Å². The number of Topliss-reactive ketones (excluding diaryl/α,β-unsaturated/α-hetero) is 1. The largest absolute Gasteiger partial charge is 0.353 e. The molecule has 0 saturated heterocycles. The molecule has 1 atom stereocenters. The van der Waals surface area contributed by atoms with Gasteiger partial charge < -0.3 is 5.32 Å². The van der Waals surface area contributed by atoms with E-state index < -0.39 is 0 Å². The number of thioether (sulfide) groups is 1. The molecule has 102 valence electrons. The van der Waals surface area contributed by atoms with Crippen molar-refractivity contribution in [3.63, 3.8) is 0 Å². The fourth-order valence-corrected chi connectivity index (χ4v) is 2.66. The SMILES string of the molecule is CC(SCC(=O)NC1CC1)C(=O)c1ccc(Br)cc1. The van der Waals surface area contributed by atoms with Gasteiger partial charge in [-0.2, -0.15) is 0 Å². The molecule has 1 aromatic rings. The van der Waals surface area contributed by atoms with Crippen LogP contribution in [0.1, 0.15) is 30.1 Å². The quantitative estimate of drug-likeness (QED) is 0.809. The van der Waals surface area contributed by atoms with Crippen molar-refractivity contribution in [1.29, 1.82) is 0 Å². The summed E-state index contributed by atoms with van der Waals surface area (Å²) in [6.45, 7) is 1.85. The van der Waals surface area contributed by atoms with Gasteiger partial charge in [-0.25, -0.2) is 0 Å². The monoisotopic (exact) mass is 341 g/mol. The van der Waals surface area contributed by atoms with Gasteiger partial charge in [0.15, 0.2) is 5.78 Å². The fraction of sp³-hybridized carbons (Fsp3) is 0.429. The maximum absolute atomic E-state index is 12.1. The number of benzene rings is 1. The van der Waals surface area contributed by atoms with Crippen LogP contribution >= 0.6 is 27.7 Å². The first-order chi connectivity index (χ1) is 9.06. The second-order valence-corrected chi connectivity index (χ2v) is 6.91. The normalized spacial score (nSPS) is 15.9. The number of carbonyl (C=O) groups excluding carboxylic acids is 2. The average molecular weight is 342 g/mol. The summed E-state index contributed by atoms with van der Waals surface area (Å²) in [7, 11) is 0. The van der Waals surface area contributed by atoms with Gasteiger partial charge in [-0.1, -0.05) is 28.1 Å². The van der Waals surface area contributed by atoms with Crippen LogP contribution in [-0.2, 0) is 4.79 Å². The number of nitrogens with one attached hydrogen (secondary N) is 1. The van der Waals surface area contributed by atoms with Crippen molar-refractivity contribution in [1.82, 2.24) is 5.32 Å². The molecule has 0 aliphatic heterocycles. The molecule has 0 radical (unpaired) electrons. The molecular formula is C14H16BrNO2S. The van der Waals surface area contributed by atoms with Crippen LogP contribution < -0.4 is 5.32 Å². The third-order valence-corrected chi connectivity index (χ3v) is 4.58. The summed E-state index contributed by atoms with van der Waals surface area (Å²) in [5, 5.41) is 2.72. The zero-order valence-corrected chi connectivity index (χ0v) is 13.1. The summed E-state index contributed by atoms with van der Waals surface area (Å²) >= 11 is 4.73. The third-order valence-electron chi connectivity index (χ3n) is 2.90. The van der Waals surface area contributed by atoms with E-state index in [9.17, 15) is 9.59 Å². The van der Waals surface area contributed by atoms with Gasteiger partial charge in [-0.3, -0.25) is 9.59 Å². The lowest BCUT2D eigenvalue weighted by Crippen LogP contribution is -2.28. The summed E-state index contributed by atoms with van der Waals surface area (Å²) in [5.74, 6) is 0.444. The van der Waals surface area contributed by atoms with Gasteiger partial charge in [-0.05, 0) is 31.9 Å². The van der Waals surface area contributed by atoms with Gasteiger partial charge in [-0.15, -0.1) is 11.8 Å². The number of hydrogen-bond acceptors (Lipinski definition) is 3. The molecule has 1 fully saturated rings. The lowest BCUT2D eigenvalue weighted by molar-refractivity contribution is -0.118. The van der Waals surface area contributed by atoms with Crippen LogP contribution in [0.5, 0.6) is 0 Å². The van der Waals surface area contributed by atoms with E-state index in [0.29, 0.717) is 17.4 Å². The molecular weight excluding hydrogens is 326 g/mol. The predicted molar refractivity (Wildman–Crippen MR) is 81.6 cm³/mol. The van der Waals surface area contributed by atoms with E-state index in [0.717, 1.165) is 17.3 Å². The van der Waals surface area contributed by atoms with E-state index >= 15 is 0 Å². The highest BCUT2D eigenvalue weighted by molar-refractivity contribution is 9.10. The van der Waals surface area contributed by atoms with Gasteiger partial charge >= 0.3 is 0 Å². The van der Waals surface area contributed by atoms with E-state index in [1.807, 2.05) is 19.1 Å². The molecule has 1 aliphatic rings. The molecule has 1 amide bonds. The Hall–Kier alpha value is -0.810. The van der Waals surface area contributed by atoms with Gasteiger partial charge in [0, 0.05) is 16.1 Å². The summed E-state index contributed by atoms with van der Waals surface area (Å²) in [5.41, 5.74) is 0.686. The second kappa shape index (κ2) is 6.57. The standard InChI is InChI=1S/C14H16BrNO2S/c1-9(19-8-13(17)16-12-6-7-12)14(18)10-2-4-11(15)5-3-10/h2-5,9,12H,6-8H2,1H3,(H,16,17). The highest BCUT2D eigenvalue weighted by atomic mass is 79.9. The topological polar surface area (TPSA) is 46.2 Å². The summed E-state index contributed by atoms with van der Waals surface area (Å²) < 4.78 is 0.952. The minimum Gasteiger partial charge on any atom is -0.353 e. The summed E-state index contributed by atoms with van der Waals surface area (Å²) in [4.78, 5) is 23.7. The van der Waals surface area contributed by atoms with Crippen molar-refractivity contribution in [2.24, 2.45) is 0 Å². The lowest BCUT2D eigenvalue weighted by Gasteiger charge is -2.10. The van der Waals surface area contributed by atoms with Crippen molar-refractivity contribution < 1.29 is 9.59 Å². The van der Waals surface area contributed by atoms with Crippen LogP contribution in [-0.4, -0.2) is 28.7 Å². The first-order valence-corrected chi connectivity index (χ1v) is 8.11. The molecule has 3 nitrogen and oxygen atoms in total. The Balaban J connectivity index is 1.81. The van der Waals surface area contributed by atoms with E-state index in [1.54, 1.807) is 12.1 Å². The number of halogens is 1. The van der Waals surface area contributed by atoms with Gasteiger partial charge in [0.1, 0.15) is 0 Å². The van der Waals surface area contributed by atoms with Crippen molar-refractivity contribution >= 4 is 39.4 Å². The Morgan fingerprint density at radius 1 is 1.37 bits per heavy atom. The maximum atomic E-state index is 12.1. The number of hydrogen-bond donors (Lipinski definition) is 1. The minimum atomic E-state index is -0.203. The van der Waals surface area contributed by atoms with Crippen LogP contribution in [0.15, 0.2) is 28.7 Å². The molecule has 0 bridgehead atoms. The Labute approximate surface area is 125 Å². The van der Waals surface area contributed by atoms with Crippen LogP contribution in [0.3, 0.4) is 0 Å². The first-order valence-electron chi connectivity index (χ1n) is 6.27. The summed E-state index contributed by atoms with van der Waals surface area (Å²) in [6.07, 6.45) is 2.17. The Bertz CT molecular complexity index is 471. The molecule has 1 aliphatic carbocycles. The molecule has 0 spiro atoms. The lowest BCUT2D eigenvalue weighted by atomic mass is 10.1. The number of ketones is 1. The maximum Gasteiger partial charge on any atom is 0.230 e. The van der Waals surface area contributed by atoms with E-state index in [-0.39, 0.29) is 16.9 Å². The van der Waals surface area contributed by atoms with Crippen molar-refractivity contribution in [2.75, 3.05) is 5.75 Å². The average Bonchev–Trinajstić information content (AvgIpc) is 3.20. The van der Waals surface area contributed by atoms with Crippen LogP contribution in [0.4, 0.5) is 0 Å². The molecule has 19 heavy (non-hydrogen) atoms. The smallest absolute Gasteiger partial charge is 0.230 e. The fourth-order valence-electron chi connectivity index (χ4n) is 1.62. The van der Waals surface area contributed by atoms with Crippen LogP contribution in [0.25, 0.3) is 0 Å². The predicted octanol–water partition coefficient (Wildman–Crippen LogP) is 3.03. The highest BCUT2D eigenvalue weighted by Crippen LogP contribution is 2.21. The number of carbonyl (C=O) groups is 2. The van der Waals surface area contributed by atoms with Crippen molar-refractivity contribution in [3.05, 3.63) is 34.3 Å². The first kappa shape index (κ1) is 14.6. The number of amides is 1. The minimum absolute atomic E-state index is 0.0305. The Morgan fingerprint density at radius 2 is 2.00 bits per heavy atom. The second-order valence-electron chi connectivity index (χ2n) is 4.67. The van der Waals surface area contributed by atoms with E-state index in [4.69, 9.17) is 0 Å². The molecule has 0 heterocycles. The number of rotatable bonds is 6. The molecule has 1 N–H and O–H groups in total.